The number of aromatic amines is 1. The topological polar surface area (TPSA) is 28.7 Å². The lowest BCUT2D eigenvalue weighted by molar-refractivity contribution is 0.355. The molecule has 1 aliphatic carbocycles. The van der Waals surface area contributed by atoms with Crippen LogP contribution in [-0.4, -0.2) is 9.97 Å². The molecule has 2 nitrogen and oxygen atoms in total. The summed E-state index contributed by atoms with van der Waals surface area (Å²) in [6.45, 7) is 9.20. The van der Waals surface area contributed by atoms with Crippen molar-refractivity contribution in [2.24, 2.45) is 11.8 Å². The second-order valence-electron chi connectivity index (χ2n) is 5.42. The molecule has 2 atom stereocenters. The Bertz CT molecular complexity index is 322. The number of fused-ring (bicyclic) bond motifs is 1. The van der Waals surface area contributed by atoms with Gasteiger partial charge in [0.05, 0.1) is 5.69 Å². The minimum Gasteiger partial charge on any atom is -0.345 e. The lowest BCUT2D eigenvalue weighted by Gasteiger charge is -2.24. The number of rotatable bonds is 3. The summed E-state index contributed by atoms with van der Waals surface area (Å²) < 4.78 is 0. The van der Waals surface area contributed by atoms with Crippen LogP contribution in [0.15, 0.2) is 0 Å². The largest absolute Gasteiger partial charge is 0.345 e. The summed E-state index contributed by atoms with van der Waals surface area (Å²) in [5, 5.41) is 0. The van der Waals surface area contributed by atoms with Gasteiger partial charge in [0.25, 0.3) is 0 Å². The van der Waals surface area contributed by atoms with Crippen LogP contribution in [0.5, 0.6) is 0 Å². The second kappa shape index (κ2) is 4.60. The first-order valence-electron chi connectivity index (χ1n) is 6.73. The maximum Gasteiger partial charge on any atom is 0.109 e. The van der Waals surface area contributed by atoms with E-state index >= 15 is 0 Å². The van der Waals surface area contributed by atoms with E-state index in [4.69, 9.17) is 4.98 Å². The van der Waals surface area contributed by atoms with Crippen molar-refractivity contribution in [1.82, 2.24) is 9.97 Å². The first-order valence-corrected chi connectivity index (χ1v) is 6.73. The van der Waals surface area contributed by atoms with Crippen molar-refractivity contribution in [3.05, 3.63) is 17.2 Å². The van der Waals surface area contributed by atoms with Gasteiger partial charge < -0.3 is 4.98 Å². The first-order chi connectivity index (χ1) is 7.65. The van der Waals surface area contributed by atoms with E-state index < -0.39 is 0 Å². The molecule has 1 N–H and O–H groups in total. The van der Waals surface area contributed by atoms with Crippen LogP contribution in [0.2, 0.25) is 0 Å². The lowest BCUT2D eigenvalue weighted by Crippen LogP contribution is -2.20. The third kappa shape index (κ3) is 2.02. The van der Waals surface area contributed by atoms with E-state index in [1.54, 1.807) is 0 Å². The molecule has 1 aliphatic rings. The summed E-state index contributed by atoms with van der Waals surface area (Å²) in [5.74, 6) is 3.43. The molecule has 1 aromatic rings. The molecule has 1 aromatic heterocycles. The van der Waals surface area contributed by atoms with Crippen LogP contribution < -0.4 is 0 Å². The van der Waals surface area contributed by atoms with Crippen molar-refractivity contribution in [1.29, 1.82) is 0 Å². The molecule has 0 spiro atoms. The van der Waals surface area contributed by atoms with Crippen LogP contribution in [0.25, 0.3) is 0 Å². The molecule has 0 amide bonds. The van der Waals surface area contributed by atoms with Crippen molar-refractivity contribution >= 4 is 0 Å². The van der Waals surface area contributed by atoms with E-state index in [1.165, 1.54) is 36.5 Å². The van der Waals surface area contributed by atoms with Gasteiger partial charge in [-0.3, -0.25) is 0 Å². The fourth-order valence-electron chi connectivity index (χ4n) is 2.70. The Balaban J connectivity index is 2.24. The number of nitrogens with one attached hydrogen (secondary N) is 1. The number of hydrogen-bond acceptors (Lipinski definition) is 1. The van der Waals surface area contributed by atoms with Gasteiger partial charge in [-0.1, -0.05) is 27.7 Å². The molecule has 2 unspecified atom stereocenters. The van der Waals surface area contributed by atoms with Crippen LogP contribution in [0, 0.1) is 11.8 Å². The van der Waals surface area contributed by atoms with E-state index in [-0.39, 0.29) is 0 Å². The number of hydrogen-bond donors (Lipinski definition) is 1. The Labute approximate surface area is 98.9 Å². The SMILES string of the molecule is CCC(CC)c1nc2c([nH]1)CC(C)C(C)C2. The third-order valence-electron chi connectivity index (χ3n) is 4.27. The minimum absolute atomic E-state index is 0.621. The van der Waals surface area contributed by atoms with Gasteiger partial charge in [0.1, 0.15) is 5.82 Å². The molecular weight excluding hydrogens is 196 g/mol. The smallest absolute Gasteiger partial charge is 0.109 e. The molecule has 0 aromatic carbocycles. The Morgan fingerprint density at radius 3 is 2.44 bits per heavy atom. The van der Waals surface area contributed by atoms with Gasteiger partial charge in [-0.15, -0.1) is 0 Å². The van der Waals surface area contributed by atoms with Crippen LogP contribution in [-0.2, 0) is 12.8 Å². The lowest BCUT2D eigenvalue weighted by atomic mass is 9.82. The van der Waals surface area contributed by atoms with E-state index in [1.807, 2.05) is 0 Å². The van der Waals surface area contributed by atoms with Crippen molar-refractivity contribution in [2.45, 2.75) is 59.3 Å². The first kappa shape index (κ1) is 11.7. The van der Waals surface area contributed by atoms with E-state index in [0.717, 1.165) is 18.3 Å². The van der Waals surface area contributed by atoms with E-state index in [0.29, 0.717) is 5.92 Å². The summed E-state index contributed by atoms with van der Waals surface area (Å²) in [6, 6.07) is 0. The molecule has 0 saturated carbocycles. The van der Waals surface area contributed by atoms with Crippen LogP contribution >= 0.6 is 0 Å². The molecular formula is C14H24N2. The van der Waals surface area contributed by atoms with E-state index in [2.05, 4.69) is 32.7 Å². The number of imidazole rings is 1. The highest BCUT2D eigenvalue weighted by molar-refractivity contribution is 5.20. The summed E-state index contributed by atoms with van der Waals surface area (Å²) in [4.78, 5) is 8.40. The second-order valence-corrected chi connectivity index (χ2v) is 5.42. The summed E-state index contributed by atoms with van der Waals surface area (Å²) >= 11 is 0. The predicted octanol–water partition coefficient (Wildman–Crippen LogP) is 3.68. The maximum atomic E-state index is 4.82. The molecule has 0 aliphatic heterocycles. The van der Waals surface area contributed by atoms with Crippen molar-refractivity contribution < 1.29 is 0 Å². The van der Waals surface area contributed by atoms with Gasteiger partial charge >= 0.3 is 0 Å². The fraction of sp³-hybridized carbons (Fsp3) is 0.786. The quantitative estimate of drug-likeness (QED) is 0.827. The Hall–Kier alpha value is -0.790. The standard InChI is InChI=1S/C14H24N2/c1-5-11(6-2)14-15-12-7-9(3)10(4)8-13(12)16-14/h9-11H,5-8H2,1-4H3,(H,15,16). The molecule has 16 heavy (non-hydrogen) atoms. The normalized spacial score (nSPS) is 24.8. The molecule has 0 saturated heterocycles. The maximum absolute atomic E-state index is 4.82. The highest BCUT2D eigenvalue weighted by Crippen LogP contribution is 2.30. The molecule has 0 bridgehead atoms. The zero-order chi connectivity index (χ0) is 11.7. The Morgan fingerprint density at radius 1 is 1.19 bits per heavy atom. The monoisotopic (exact) mass is 220 g/mol. The van der Waals surface area contributed by atoms with Crippen molar-refractivity contribution in [2.75, 3.05) is 0 Å². The molecule has 2 heteroatoms. The molecule has 0 radical (unpaired) electrons. The number of aromatic nitrogens is 2. The predicted molar refractivity (Wildman–Crippen MR) is 67.6 cm³/mol. The molecule has 0 fully saturated rings. The molecule has 90 valence electrons. The Kier molecular flexibility index (Phi) is 3.36. The molecule has 2 rings (SSSR count). The van der Waals surface area contributed by atoms with Crippen molar-refractivity contribution in [3.8, 4) is 0 Å². The summed E-state index contributed by atoms with van der Waals surface area (Å²) in [5.41, 5.74) is 2.75. The number of H-pyrrole nitrogens is 1. The highest BCUT2D eigenvalue weighted by atomic mass is 14.9. The average molecular weight is 220 g/mol. The highest BCUT2D eigenvalue weighted by Gasteiger charge is 2.26. The summed E-state index contributed by atoms with van der Waals surface area (Å²) in [7, 11) is 0. The molecule has 1 heterocycles. The minimum atomic E-state index is 0.621. The van der Waals surface area contributed by atoms with Crippen LogP contribution in [0.4, 0.5) is 0 Å². The van der Waals surface area contributed by atoms with Gasteiger partial charge in [0.15, 0.2) is 0 Å². The van der Waals surface area contributed by atoms with Crippen LogP contribution in [0.1, 0.15) is 63.7 Å². The fourth-order valence-corrected chi connectivity index (χ4v) is 2.70. The summed E-state index contributed by atoms with van der Waals surface area (Å²) in [6.07, 6.45) is 4.72. The third-order valence-corrected chi connectivity index (χ3v) is 4.27. The van der Waals surface area contributed by atoms with Gasteiger partial charge in [-0.25, -0.2) is 4.98 Å². The zero-order valence-corrected chi connectivity index (χ0v) is 11.0. The van der Waals surface area contributed by atoms with Crippen LogP contribution in [0.3, 0.4) is 0 Å². The van der Waals surface area contributed by atoms with Gasteiger partial charge in [0.2, 0.25) is 0 Å². The zero-order valence-electron chi connectivity index (χ0n) is 11.0. The van der Waals surface area contributed by atoms with Gasteiger partial charge in [-0.05, 0) is 37.5 Å². The van der Waals surface area contributed by atoms with Crippen molar-refractivity contribution in [3.63, 3.8) is 0 Å². The van der Waals surface area contributed by atoms with E-state index in [9.17, 15) is 0 Å². The number of nitrogens with zero attached hydrogens (tertiary/aromatic N) is 1. The average Bonchev–Trinajstić information content (AvgIpc) is 2.63. The van der Waals surface area contributed by atoms with Gasteiger partial charge in [-0.2, -0.15) is 0 Å². The van der Waals surface area contributed by atoms with Gasteiger partial charge in [0, 0.05) is 11.6 Å². The Morgan fingerprint density at radius 2 is 1.81 bits per heavy atom.